The summed E-state index contributed by atoms with van der Waals surface area (Å²) in [5.74, 6) is -0.689. The minimum atomic E-state index is -0.369. The predicted molar refractivity (Wildman–Crippen MR) is 80.9 cm³/mol. The van der Waals surface area contributed by atoms with E-state index in [2.05, 4.69) is 15.9 Å². The zero-order valence-electron chi connectivity index (χ0n) is 10.5. The van der Waals surface area contributed by atoms with Gasteiger partial charge in [-0.05, 0) is 48.7 Å². The monoisotopic (exact) mass is 359 g/mol. The molecule has 0 fully saturated rings. The van der Waals surface area contributed by atoms with Gasteiger partial charge in [0, 0.05) is 21.1 Å². The predicted octanol–water partition coefficient (Wildman–Crippen LogP) is 4.49. The summed E-state index contributed by atoms with van der Waals surface area (Å²) in [6, 6.07) is 8.61. The SMILES string of the molecule is NC(Cc1cc(F)ccc1Br)Cc1c(F)cccc1Cl. The number of nitrogens with two attached hydrogens (primary N) is 1. The van der Waals surface area contributed by atoms with E-state index in [4.69, 9.17) is 17.3 Å². The quantitative estimate of drug-likeness (QED) is 0.854. The molecule has 0 aliphatic rings. The van der Waals surface area contributed by atoms with Crippen molar-refractivity contribution in [3.63, 3.8) is 0 Å². The Labute approximate surface area is 129 Å². The molecule has 1 unspecified atom stereocenters. The normalized spacial score (nSPS) is 12.4. The second kappa shape index (κ2) is 6.66. The second-order valence-electron chi connectivity index (χ2n) is 4.60. The summed E-state index contributed by atoms with van der Waals surface area (Å²) in [6.45, 7) is 0. The van der Waals surface area contributed by atoms with Gasteiger partial charge in [-0.25, -0.2) is 8.78 Å². The first-order valence-corrected chi connectivity index (χ1v) is 7.27. The van der Waals surface area contributed by atoms with Gasteiger partial charge in [0.25, 0.3) is 0 Å². The number of halogens is 4. The van der Waals surface area contributed by atoms with Crippen LogP contribution in [-0.4, -0.2) is 6.04 Å². The number of hydrogen-bond donors (Lipinski definition) is 1. The van der Waals surface area contributed by atoms with Gasteiger partial charge in [0.2, 0.25) is 0 Å². The van der Waals surface area contributed by atoms with Crippen LogP contribution in [0.1, 0.15) is 11.1 Å². The molecule has 2 N–H and O–H groups in total. The average molecular weight is 361 g/mol. The maximum absolute atomic E-state index is 13.7. The Morgan fingerprint density at radius 3 is 2.60 bits per heavy atom. The van der Waals surface area contributed by atoms with E-state index in [1.165, 1.54) is 18.2 Å². The summed E-state index contributed by atoms with van der Waals surface area (Å²) >= 11 is 9.32. The standard InChI is InChI=1S/C15H13BrClF2N/c16-13-5-4-10(18)6-9(13)7-11(20)8-12-14(17)2-1-3-15(12)19/h1-6,11H,7-8,20H2. The summed E-state index contributed by atoms with van der Waals surface area (Å²) in [5.41, 5.74) is 7.18. The van der Waals surface area contributed by atoms with Crippen LogP contribution in [0.2, 0.25) is 5.02 Å². The summed E-state index contributed by atoms with van der Waals surface area (Å²) in [7, 11) is 0. The highest BCUT2D eigenvalue weighted by atomic mass is 79.9. The second-order valence-corrected chi connectivity index (χ2v) is 5.87. The smallest absolute Gasteiger partial charge is 0.127 e. The maximum atomic E-state index is 13.7. The zero-order chi connectivity index (χ0) is 14.7. The molecule has 0 aliphatic heterocycles. The van der Waals surface area contributed by atoms with Crippen molar-refractivity contribution < 1.29 is 8.78 Å². The minimum absolute atomic E-state index is 0.300. The van der Waals surface area contributed by atoms with Gasteiger partial charge >= 0.3 is 0 Å². The summed E-state index contributed by atoms with van der Waals surface area (Å²) in [5, 5.41) is 0.360. The highest BCUT2D eigenvalue weighted by molar-refractivity contribution is 9.10. The molecule has 1 nitrogen and oxygen atoms in total. The fourth-order valence-corrected chi connectivity index (χ4v) is 2.69. The number of rotatable bonds is 4. The van der Waals surface area contributed by atoms with Crippen LogP contribution >= 0.6 is 27.5 Å². The Bertz CT molecular complexity index is 599. The van der Waals surface area contributed by atoms with E-state index in [9.17, 15) is 8.78 Å². The molecule has 0 saturated carbocycles. The first-order valence-electron chi connectivity index (χ1n) is 6.09. The lowest BCUT2D eigenvalue weighted by atomic mass is 9.99. The number of benzene rings is 2. The van der Waals surface area contributed by atoms with Gasteiger partial charge < -0.3 is 5.73 Å². The lowest BCUT2D eigenvalue weighted by Crippen LogP contribution is -2.26. The van der Waals surface area contributed by atoms with Crippen molar-refractivity contribution in [1.82, 2.24) is 0 Å². The van der Waals surface area contributed by atoms with Crippen LogP contribution in [0.4, 0.5) is 8.78 Å². The molecular formula is C15H13BrClF2N. The molecule has 0 heterocycles. The molecule has 20 heavy (non-hydrogen) atoms. The van der Waals surface area contributed by atoms with Crippen LogP contribution in [0.5, 0.6) is 0 Å². The Balaban J connectivity index is 2.13. The molecule has 0 spiro atoms. The van der Waals surface area contributed by atoms with E-state index < -0.39 is 0 Å². The van der Waals surface area contributed by atoms with Gasteiger partial charge in [0.05, 0.1) is 0 Å². The van der Waals surface area contributed by atoms with Crippen LogP contribution in [0.3, 0.4) is 0 Å². The molecule has 1 atom stereocenters. The first kappa shape index (κ1) is 15.4. The molecule has 2 aromatic rings. The summed E-state index contributed by atoms with van der Waals surface area (Å²) in [4.78, 5) is 0. The van der Waals surface area contributed by atoms with Crippen molar-refractivity contribution in [2.24, 2.45) is 5.73 Å². The maximum Gasteiger partial charge on any atom is 0.127 e. The average Bonchev–Trinajstić information content (AvgIpc) is 2.38. The highest BCUT2D eigenvalue weighted by Gasteiger charge is 2.14. The third-order valence-electron chi connectivity index (χ3n) is 3.02. The van der Waals surface area contributed by atoms with E-state index in [0.717, 1.165) is 10.0 Å². The van der Waals surface area contributed by atoms with E-state index in [1.807, 2.05) is 0 Å². The molecule has 2 aromatic carbocycles. The van der Waals surface area contributed by atoms with Gasteiger partial charge in [0.15, 0.2) is 0 Å². The van der Waals surface area contributed by atoms with Gasteiger partial charge in [-0.3, -0.25) is 0 Å². The molecular weight excluding hydrogens is 348 g/mol. The van der Waals surface area contributed by atoms with E-state index in [0.29, 0.717) is 23.4 Å². The Morgan fingerprint density at radius 1 is 1.15 bits per heavy atom. The third-order valence-corrected chi connectivity index (χ3v) is 4.15. The van der Waals surface area contributed by atoms with Crippen molar-refractivity contribution in [1.29, 1.82) is 0 Å². The zero-order valence-corrected chi connectivity index (χ0v) is 12.9. The molecule has 5 heteroatoms. The minimum Gasteiger partial charge on any atom is -0.327 e. The topological polar surface area (TPSA) is 26.0 Å². The number of hydrogen-bond acceptors (Lipinski definition) is 1. The molecule has 0 amide bonds. The van der Waals surface area contributed by atoms with Crippen LogP contribution in [0, 0.1) is 11.6 Å². The molecule has 0 bridgehead atoms. The van der Waals surface area contributed by atoms with Gasteiger partial charge in [-0.1, -0.05) is 33.6 Å². The fraction of sp³-hybridized carbons (Fsp3) is 0.200. The largest absolute Gasteiger partial charge is 0.327 e. The van der Waals surface area contributed by atoms with Crippen LogP contribution in [0.25, 0.3) is 0 Å². The van der Waals surface area contributed by atoms with Crippen molar-refractivity contribution in [2.75, 3.05) is 0 Å². The molecule has 0 aliphatic carbocycles. The van der Waals surface area contributed by atoms with Crippen LogP contribution in [-0.2, 0) is 12.8 Å². The van der Waals surface area contributed by atoms with Crippen molar-refractivity contribution >= 4 is 27.5 Å². The summed E-state index contributed by atoms with van der Waals surface area (Å²) < 4.78 is 27.7. The summed E-state index contributed by atoms with van der Waals surface area (Å²) in [6.07, 6.45) is 0.734. The van der Waals surface area contributed by atoms with Gasteiger partial charge in [0.1, 0.15) is 11.6 Å². The molecule has 106 valence electrons. The van der Waals surface area contributed by atoms with Crippen LogP contribution in [0.15, 0.2) is 40.9 Å². The molecule has 0 radical (unpaired) electrons. The van der Waals surface area contributed by atoms with E-state index >= 15 is 0 Å². The first-order chi connectivity index (χ1) is 9.47. The Kier molecular flexibility index (Phi) is 5.13. The molecule has 0 saturated heterocycles. The Morgan fingerprint density at radius 2 is 1.90 bits per heavy atom. The highest BCUT2D eigenvalue weighted by Crippen LogP contribution is 2.23. The molecule has 2 rings (SSSR count). The van der Waals surface area contributed by atoms with Gasteiger partial charge in [-0.15, -0.1) is 0 Å². The lowest BCUT2D eigenvalue weighted by Gasteiger charge is -2.14. The fourth-order valence-electron chi connectivity index (χ4n) is 2.04. The van der Waals surface area contributed by atoms with Crippen molar-refractivity contribution in [3.8, 4) is 0 Å². The van der Waals surface area contributed by atoms with E-state index in [-0.39, 0.29) is 17.7 Å². The van der Waals surface area contributed by atoms with Crippen molar-refractivity contribution in [3.05, 3.63) is 68.7 Å². The molecule has 0 aromatic heterocycles. The Hall–Kier alpha value is -0.970. The van der Waals surface area contributed by atoms with E-state index in [1.54, 1.807) is 18.2 Å². The third kappa shape index (κ3) is 3.78. The lowest BCUT2D eigenvalue weighted by molar-refractivity contribution is 0.581. The van der Waals surface area contributed by atoms with Crippen LogP contribution < -0.4 is 5.73 Å². The van der Waals surface area contributed by atoms with Crippen molar-refractivity contribution in [2.45, 2.75) is 18.9 Å². The van der Waals surface area contributed by atoms with Gasteiger partial charge in [-0.2, -0.15) is 0 Å².